The van der Waals surface area contributed by atoms with E-state index in [1.165, 1.54) is 12.1 Å². The maximum absolute atomic E-state index is 13.0. The molecule has 2 rings (SSSR count). The number of rotatable bonds is 12. The highest BCUT2D eigenvalue weighted by atomic mass is 32.2. The Kier molecular flexibility index (Phi) is 9.22. The number of sulfonamides is 1. The van der Waals surface area contributed by atoms with Crippen LogP contribution in [0.3, 0.4) is 0 Å². The third kappa shape index (κ3) is 7.18. The molecular weight excluding hydrogens is 412 g/mol. The van der Waals surface area contributed by atoms with Gasteiger partial charge in [0.05, 0.1) is 10.9 Å². The van der Waals surface area contributed by atoms with Gasteiger partial charge in [-0.2, -0.15) is 16.5 Å². The van der Waals surface area contributed by atoms with Gasteiger partial charge in [-0.15, -0.1) is 0 Å². The molecule has 0 aliphatic carbocycles. The predicted molar refractivity (Wildman–Crippen MR) is 114 cm³/mol. The van der Waals surface area contributed by atoms with Gasteiger partial charge in [-0.1, -0.05) is 18.2 Å². The quantitative estimate of drug-likeness (QED) is 0.527. The predicted octanol–water partition coefficient (Wildman–Crippen LogP) is 2.88. The van der Waals surface area contributed by atoms with Crippen molar-refractivity contribution in [3.8, 4) is 0 Å². The lowest BCUT2D eigenvalue weighted by molar-refractivity contribution is -0.123. The average Bonchev–Trinajstić information content (AvgIpc) is 3.15. The summed E-state index contributed by atoms with van der Waals surface area (Å²) in [6.07, 6.45) is 2.79. The Hall–Kier alpha value is -1.81. The summed E-state index contributed by atoms with van der Waals surface area (Å²) in [5, 5.41) is 2.92. The van der Waals surface area contributed by atoms with Crippen LogP contribution in [-0.4, -0.2) is 46.1 Å². The van der Waals surface area contributed by atoms with Gasteiger partial charge in [-0.3, -0.25) is 4.79 Å². The molecule has 1 aromatic carbocycles. The van der Waals surface area contributed by atoms with E-state index in [-0.39, 0.29) is 4.90 Å². The molecule has 1 amide bonds. The lowest BCUT2D eigenvalue weighted by atomic mass is 10.1. The molecular formula is C20H28N2O5S2. The zero-order valence-corrected chi connectivity index (χ0v) is 18.5. The van der Waals surface area contributed by atoms with Gasteiger partial charge >= 0.3 is 0 Å². The van der Waals surface area contributed by atoms with Gasteiger partial charge in [-0.25, -0.2) is 8.42 Å². The van der Waals surface area contributed by atoms with Gasteiger partial charge in [0.2, 0.25) is 15.9 Å². The number of ether oxygens (including phenoxy) is 1. The van der Waals surface area contributed by atoms with Crippen molar-refractivity contribution in [3.63, 3.8) is 0 Å². The molecule has 0 unspecified atom stereocenters. The minimum Gasteiger partial charge on any atom is -0.464 e. The molecule has 0 aliphatic heterocycles. The topological polar surface area (TPSA) is 97.6 Å². The summed E-state index contributed by atoms with van der Waals surface area (Å²) in [5.74, 6) is 1.59. The van der Waals surface area contributed by atoms with Crippen LogP contribution >= 0.6 is 11.8 Å². The van der Waals surface area contributed by atoms with E-state index in [9.17, 15) is 13.2 Å². The lowest BCUT2D eigenvalue weighted by Gasteiger charge is -2.22. The van der Waals surface area contributed by atoms with E-state index in [0.29, 0.717) is 31.0 Å². The first kappa shape index (κ1) is 23.5. The number of carbonyl (C=O) groups is 1. The number of methoxy groups -OCH3 is 1. The van der Waals surface area contributed by atoms with Crippen LogP contribution in [0.4, 0.5) is 0 Å². The van der Waals surface area contributed by atoms with Crippen molar-refractivity contribution in [2.75, 3.05) is 25.7 Å². The Labute approximate surface area is 176 Å². The second-order valence-corrected chi connectivity index (χ2v) is 9.26. The van der Waals surface area contributed by atoms with E-state index in [1.54, 1.807) is 43.1 Å². The van der Waals surface area contributed by atoms with Gasteiger partial charge in [0.1, 0.15) is 17.6 Å². The molecule has 2 aromatic rings. The fourth-order valence-electron chi connectivity index (χ4n) is 2.77. The van der Waals surface area contributed by atoms with Crippen LogP contribution in [0.5, 0.6) is 0 Å². The van der Waals surface area contributed by atoms with Gasteiger partial charge in [0.15, 0.2) is 0 Å². The Morgan fingerprint density at radius 2 is 1.90 bits per heavy atom. The van der Waals surface area contributed by atoms with Crippen molar-refractivity contribution >= 4 is 27.7 Å². The van der Waals surface area contributed by atoms with E-state index in [0.717, 1.165) is 5.76 Å². The number of hydrogen-bond donors (Lipinski definition) is 2. The molecule has 1 heterocycles. The fourth-order valence-corrected chi connectivity index (χ4v) is 4.49. The molecule has 7 nitrogen and oxygen atoms in total. The van der Waals surface area contributed by atoms with Crippen LogP contribution in [0.25, 0.3) is 0 Å². The van der Waals surface area contributed by atoms with Crippen molar-refractivity contribution in [1.82, 2.24) is 10.0 Å². The normalized spacial score (nSPS) is 13.8. The second-order valence-electron chi connectivity index (χ2n) is 6.56. The first-order valence-electron chi connectivity index (χ1n) is 9.29. The molecule has 9 heteroatoms. The number of thioether (sulfide) groups is 1. The first-order chi connectivity index (χ1) is 13.9. The SMILES string of the molecule is COCC[C@H](NC(=O)[C@@H](CCSC)NS(=O)(=O)c1ccccc1)c1ccc(C)o1. The number of hydrogen-bond acceptors (Lipinski definition) is 6. The molecule has 1 aromatic heterocycles. The largest absolute Gasteiger partial charge is 0.464 e. The minimum atomic E-state index is -3.82. The molecule has 29 heavy (non-hydrogen) atoms. The summed E-state index contributed by atoms with van der Waals surface area (Å²) in [5.41, 5.74) is 0. The minimum absolute atomic E-state index is 0.125. The fraction of sp³-hybridized carbons (Fsp3) is 0.450. The molecule has 0 fully saturated rings. The van der Waals surface area contributed by atoms with Gasteiger partial charge in [0, 0.05) is 13.7 Å². The molecule has 2 atom stereocenters. The highest BCUT2D eigenvalue weighted by molar-refractivity contribution is 7.98. The van der Waals surface area contributed by atoms with Gasteiger partial charge < -0.3 is 14.5 Å². The zero-order chi connectivity index (χ0) is 21.3. The van der Waals surface area contributed by atoms with Crippen molar-refractivity contribution in [3.05, 3.63) is 54.0 Å². The van der Waals surface area contributed by atoms with Crippen molar-refractivity contribution in [1.29, 1.82) is 0 Å². The molecule has 160 valence electrons. The Morgan fingerprint density at radius 1 is 1.17 bits per heavy atom. The van der Waals surface area contributed by atoms with Crippen molar-refractivity contribution in [2.24, 2.45) is 0 Å². The monoisotopic (exact) mass is 440 g/mol. The van der Waals surface area contributed by atoms with Crippen molar-refractivity contribution in [2.45, 2.75) is 36.7 Å². The summed E-state index contributed by atoms with van der Waals surface area (Å²) in [6, 6.07) is 10.4. The van der Waals surface area contributed by atoms with Crippen molar-refractivity contribution < 1.29 is 22.4 Å². The molecule has 0 bridgehead atoms. The van der Waals surface area contributed by atoms with E-state index in [1.807, 2.05) is 19.2 Å². The van der Waals surface area contributed by atoms with Crippen LogP contribution in [0, 0.1) is 6.92 Å². The van der Waals surface area contributed by atoms with Crippen LogP contribution < -0.4 is 10.0 Å². The lowest BCUT2D eigenvalue weighted by Crippen LogP contribution is -2.48. The average molecular weight is 441 g/mol. The summed E-state index contributed by atoms with van der Waals surface area (Å²) in [6.45, 7) is 2.25. The summed E-state index contributed by atoms with van der Waals surface area (Å²) >= 11 is 1.55. The van der Waals surface area contributed by atoms with E-state index < -0.39 is 28.0 Å². The van der Waals surface area contributed by atoms with Crippen LogP contribution in [-0.2, 0) is 19.6 Å². The second kappa shape index (κ2) is 11.4. The molecule has 0 saturated heterocycles. The van der Waals surface area contributed by atoms with E-state index in [2.05, 4.69) is 10.0 Å². The zero-order valence-electron chi connectivity index (χ0n) is 16.9. The Balaban J connectivity index is 2.17. The van der Waals surface area contributed by atoms with Crippen LogP contribution in [0.1, 0.15) is 30.4 Å². The third-order valence-electron chi connectivity index (χ3n) is 4.31. The number of carbonyl (C=O) groups excluding carboxylic acids is 1. The Bertz CT molecular complexity index is 868. The van der Waals surface area contributed by atoms with E-state index in [4.69, 9.17) is 9.15 Å². The smallest absolute Gasteiger partial charge is 0.241 e. The summed E-state index contributed by atoms with van der Waals surface area (Å²) in [4.78, 5) is 13.1. The molecule has 2 N–H and O–H groups in total. The highest BCUT2D eigenvalue weighted by Gasteiger charge is 2.28. The molecule has 0 saturated carbocycles. The maximum Gasteiger partial charge on any atom is 0.241 e. The van der Waals surface area contributed by atoms with E-state index >= 15 is 0 Å². The number of nitrogens with one attached hydrogen (secondary N) is 2. The van der Waals surface area contributed by atoms with Gasteiger partial charge in [-0.05, 0) is 56.0 Å². The standard InChI is InChI=1S/C20H28N2O5S2/c1-15-9-10-19(27-15)17(11-13-26-2)21-20(23)18(12-14-28-3)22-29(24,25)16-7-5-4-6-8-16/h4-10,17-18,22H,11-14H2,1-3H3,(H,21,23)/t17-,18+/m0/s1. The third-order valence-corrected chi connectivity index (χ3v) is 6.44. The first-order valence-corrected chi connectivity index (χ1v) is 12.2. The summed E-state index contributed by atoms with van der Waals surface area (Å²) in [7, 11) is -2.23. The highest BCUT2D eigenvalue weighted by Crippen LogP contribution is 2.20. The molecule has 0 spiro atoms. The number of furan rings is 1. The van der Waals surface area contributed by atoms with Crippen LogP contribution in [0.15, 0.2) is 51.8 Å². The molecule has 0 aliphatic rings. The van der Waals surface area contributed by atoms with Crippen LogP contribution in [0.2, 0.25) is 0 Å². The number of benzene rings is 1. The molecule has 0 radical (unpaired) electrons. The number of aryl methyl sites for hydroxylation is 1. The summed E-state index contributed by atoms with van der Waals surface area (Å²) < 4.78 is 38.8. The van der Waals surface area contributed by atoms with Gasteiger partial charge in [0.25, 0.3) is 0 Å². The Morgan fingerprint density at radius 3 is 2.48 bits per heavy atom. The number of amides is 1. The maximum atomic E-state index is 13.0.